The van der Waals surface area contributed by atoms with Crippen LogP contribution in [0, 0.1) is 11.3 Å². The number of benzene rings is 1. The van der Waals surface area contributed by atoms with Crippen LogP contribution in [0.25, 0.3) is 0 Å². The Bertz CT molecular complexity index is 598. The summed E-state index contributed by atoms with van der Waals surface area (Å²) in [5.74, 6) is -0.0742. The van der Waals surface area contributed by atoms with Gasteiger partial charge in [0, 0.05) is 19.1 Å². The summed E-state index contributed by atoms with van der Waals surface area (Å²) in [5.41, 5.74) is 6.92. The third kappa shape index (κ3) is 4.18. The van der Waals surface area contributed by atoms with E-state index in [2.05, 4.69) is 0 Å². The summed E-state index contributed by atoms with van der Waals surface area (Å²) in [6.45, 7) is 0.925. The first-order valence-electron chi connectivity index (χ1n) is 6.24. The molecule has 2 rings (SSSR count). The van der Waals surface area contributed by atoms with Crippen molar-refractivity contribution in [2.45, 2.75) is 24.6 Å². The summed E-state index contributed by atoms with van der Waals surface area (Å²) in [7, 11) is -3.35. The number of hydrogen-bond acceptors (Lipinski definition) is 4. The fourth-order valence-electron chi connectivity index (χ4n) is 2.26. The molecule has 110 valence electrons. The molecule has 1 saturated heterocycles. The van der Waals surface area contributed by atoms with Crippen LogP contribution in [0.1, 0.15) is 24.0 Å². The summed E-state index contributed by atoms with van der Waals surface area (Å²) in [6, 6.07) is 8.63. The standard InChI is InChI=1S/C13H17N3O2S.ClH/c14-8-11-3-1-4-12(7-11)10-19(17,18)16-6-2-5-13(15)9-16;/h1,3-4,7,13H,2,5-6,9-10,15H2;1H/t13-;/m1./s1. The minimum absolute atomic E-state index is 0. The lowest BCUT2D eigenvalue weighted by Crippen LogP contribution is -2.46. The Morgan fingerprint density at radius 1 is 1.45 bits per heavy atom. The molecule has 0 bridgehead atoms. The minimum atomic E-state index is -3.35. The van der Waals surface area contributed by atoms with Gasteiger partial charge in [0.25, 0.3) is 0 Å². The third-order valence-corrected chi connectivity index (χ3v) is 5.04. The zero-order valence-corrected chi connectivity index (χ0v) is 12.7. The Balaban J connectivity index is 0.00000200. The van der Waals surface area contributed by atoms with Crippen LogP contribution in [0.3, 0.4) is 0 Å². The highest BCUT2D eigenvalue weighted by atomic mass is 35.5. The summed E-state index contributed by atoms with van der Waals surface area (Å²) < 4.78 is 26.0. The first-order valence-corrected chi connectivity index (χ1v) is 7.84. The lowest BCUT2D eigenvalue weighted by Gasteiger charge is -2.29. The molecular formula is C13H18ClN3O2S. The van der Waals surface area contributed by atoms with Crippen LogP contribution in [0.4, 0.5) is 0 Å². The van der Waals surface area contributed by atoms with E-state index < -0.39 is 10.0 Å². The van der Waals surface area contributed by atoms with Crippen LogP contribution in [0.5, 0.6) is 0 Å². The SMILES string of the molecule is Cl.N#Cc1cccc(CS(=O)(=O)N2CCC[C@@H](N)C2)c1. The number of piperidine rings is 1. The Hall–Kier alpha value is -1.13. The molecule has 1 aliphatic rings. The van der Waals surface area contributed by atoms with Crippen molar-refractivity contribution < 1.29 is 8.42 Å². The molecule has 1 aliphatic heterocycles. The molecule has 0 unspecified atom stereocenters. The maximum absolute atomic E-state index is 12.3. The van der Waals surface area contributed by atoms with Crippen molar-refractivity contribution in [3.63, 3.8) is 0 Å². The van der Waals surface area contributed by atoms with Gasteiger partial charge in [-0.2, -0.15) is 5.26 Å². The quantitative estimate of drug-likeness (QED) is 0.909. The van der Waals surface area contributed by atoms with E-state index in [9.17, 15) is 8.42 Å². The fourth-order valence-corrected chi connectivity index (χ4v) is 3.87. The van der Waals surface area contributed by atoms with Crippen molar-refractivity contribution >= 4 is 22.4 Å². The molecule has 1 aromatic carbocycles. The molecule has 0 amide bonds. The van der Waals surface area contributed by atoms with E-state index in [0.717, 1.165) is 12.8 Å². The summed E-state index contributed by atoms with van der Waals surface area (Å²) in [5, 5.41) is 8.82. The minimum Gasteiger partial charge on any atom is -0.327 e. The normalized spacial score (nSPS) is 19.9. The molecule has 2 N–H and O–H groups in total. The predicted octanol–water partition coefficient (Wildman–Crippen LogP) is 1.23. The molecule has 1 fully saturated rings. The Morgan fingerprint density at radius 2 is 2.20 bits per heavy atom. The molecule has 5 nitrogen and oxygen atoms in total. The Morgan fingerprint density at radius 3 is 2.85 bits per heavy atom. The number of nitrogens with two attached hydrogens (primary N) is 1. The number of nitrogens with zero attached hydrogens (tertiary/aromatic N) is 2. The molecule has 0 aromatic heterocycles. The molecule has 0 radical (unpaired) electrons. The van der Waals surface area contributed by atoms with Crippen molar-refractivity contribution in [3.8, 4) is 6.07 Å². The predicted molar refractivity (Wildman–Crippen MR) is 79.8 cm³/mol. The van der Waals surface area contributed by atoms with E-state index in [0.29, 0.717) is 24.2 Å². The summed E-state index contributed by atoms with van der Waals surface area (Å²) >= 11 is 0. The zero-order chi connectivity index (χ0) is 13.9. The molecule has 7 heteroatoms. The van der Waals surface area contributed by atoms with E-state index >= 15 is 0 Å². The van der Waals surface area contributed by atoms with E-state index in [-0.39, 0.29) is 24.2 Å². The van der Waals surface area contributed by atoms with Gasteiger partial charge in [-0.1, -0.05) is 12.1 Å². The average molecular weight is 316 g/mol. The number of nitriles is 1. The summed E-state index contributed by atoms with van der Waals surface area (Å²) in [4.78, 5) is 0. The second kappa shape index (κ2) is 7.04. The van der Waals surface area contributed by atoms with E-state index in [1.807, 2.05) is 6.07 Å². The van der Waals surface area contributed by atoms with Crippen LogP contribution in [-0.4, -0.2) is 31.9 Å². The van der Waals surface area contributed by atoms with Gasteiger partial charge in [-0.25, -0.2) is 12.7 Å². The van der Waals surface area contributed by atoms with Gasteiger partial charge in [-0.3, -0.25) is 0 Å². The van der Waals surface area contributed by atoms with E-state index in [4.69, 9.17) is 11.0 Å². The van der Waals surface area contributed by atoms with Crippen LogP contribution in [0.2, 0.25) is 0 Å². The number of sulfonamides is 1. The smallest absolute Gasteiger partial charge is 0.218 e. The highest BCUT2D eigenvalue weighted by Crippen LogP contribution is 2.17. The maximum atomic E-state index is 12.3. The van der Waals surface area contributed by atoms with Gasteiger partial charge in [-0.15, -0.1) is 12.4 Å². The monoisotopic (exact) mass is 315 g/mol. The van der Waals surface area contributed by atoms with Gasteiger partial charge in [0.15, 0.2) is 0 Å². The van der Waals surface area contributed by atoms with Crippen molar-refractivity contribution in [2.75, 3.05) is 13.1 Å². The number of halogens is 1. The van der Waals surface area contributed by atoms with E-state index in [1.54, 1.807) is 24.3 Å². The van der Waals surface area contributed by atoms with Crippen molar-refractivity contribution in [2.24, 2.45) is 5.73 Å². The first-order chi connectivity index (χ1) is 9.01. The molecule has 0 aliphatic carbocycles. The van der Waals surface area contributed by atoms with Crippen LogP contribution < -0.4 is 5.73 Å². The van der Waals surface area contributed by atoms with Gasteiger partial charge in [0.2, 0.25) is 10.0 Å². The second-order valence-corrected chi connectivity index (χ2v) is 6.80. The van der Waals surface area contributed by atoms with Gasteiger partial charge < -0.3 is 5.73 Å². The first kappa shape index (κ1) is 16.9. The summed E-state index contributed by atoms with van der Waals surface area (Å²) in [6.07, 6.45) is 1.68. The van der Waals surface area contributed by atoms with Gasteiger partial charge >= 0.3 is 0 Å². The molecule has 0 spiro atoms. The van der Waals surface area contributed by atoms with Crippen molar-refractivity contribution in [1.82, 2.24) is 4.31 Å². The second-order valence-electron chi connectivity index (χ2n) is 4.83. The van der Waals surface area contributed by atoms with Gasteiger partial charge in [0.05, 0.1) is 17.4 Å². The Labute approximate surface area is 125 Å². The van der Waals surface area contributed by atoms with Gasteiger partial charge in [-0.05, 0) is 30.5 Å². The molecule has 1 heterocycles. The largest absolute Gasteiger partial charge is 0.327 e. The van der Waals surface area contributed by atoms with Crippen LogP contribution in [0.15, 0.2) is 24.3 Å². The lowest BCUT2D eigenvalue weighted by atomic mass is 10.1. The molecule has 0 saturated carbocycles. The molecule has 1 aromatic rings. The molecule has 1 atom stereocenters. The Kier molecular flexibility index (Phi) is 5.96. The number of rotatable bonds is 3. The van der Waals surface area contributed by atoms with Crippen molar-refractivity contribution in [1.29, 1.82) is 5.26 Å². The zero-order valence-electron chi connectivity index (χ0n) is 11.0. The third-order valence-electron chi connectivity index (χ3n) is 3.22. The molecular weight excluding hydrogens is 298 g/mol. The fraction of sp³-hybridized carbons (Fsp3) is 0.462. The average Bonchev–Trinajstić information content (AvgIpc) is 2.38. The highest BCUT2D eigenvalue weighted by molar-refractivity contribution is 7.88. The number of hydrogen-bond donors (Lipinski definition) is 1. The highest BCUT2D eigenvalue weighted by Gasteiger charge is 2.27. The van der Waals surface area contributed by atoms with Crippen LogP contribution >= 0.6 is 12.4 Å². The van der Waals surface area contributed by atoms with E-state index in [1.165, 1.54) is 4.31 Å². The maximum Gasteiger partial charge on any atom is 0.218 e. The van der Waals surface area contributed by atoms with Crippen LogP contribution in [-0.2, 0) is 15.8 Å². The molecule has 20 heavy (non-hydrogen) atoms. The topological polar surface area (TPSA) is 87.2 Å². The van der Waals surface area contributed by atoms with Crippen molar-refractivity contribution in [3.05, 3.63) is 35.4 Å². The lowest BCUT2D eigenvalue weighted by molar-refractivity contribution is 0.316. The van der Waals surface area contributed by atoms with Gasteiger partial charge in [0.1, 0.15) is 0 Å².